The van der Waals surface area contributed by atoms with Crippen LogP contribution in [-0.2, 0) is 11.2 Å². The largest absolute Gasteiger partial charge is 0.481 e. The molecule has 4 heteroatoms. The van der Waals surface area contributed by atoms with E-state index in [0.29, 0.717) is 6.04 Å². The fourth-order valence-electron chi connectivity index (χ4n) is 2.98. The normalized spacial score (nSPS) is 18.9. The highest BCUT2D eigenvalue weighted by Gasteiger charge is 2.27. The molecule has 0 radical (unpaired) electrons. The smallest absolute Gasteiger partial charge is 0.306 e. The lowest BCUT2D eigenvalue weighted by atomic mass is 9.94. The second kappa shape index (κ2) is 6.84. The van der Waals surface area contributed by atoms with Crippen LogP contribution in [0.25, 0.3) is 0 Å². The third kappa shape index (κ3) is 3.79. The number of carboxylic acid groups (broad SMARTS) is 1. The first-order valence-electron chi connectivity index (χ1n) is 7.31. The summed E-state index contributed by atoms with van der Waals surface area (Å²) in [5.74, 6) is -1.07. The zero-order valence-corrected chi connectivity index (χ0v) is 11.9. The van der Waals surface area contributed by atoms with Crippen LogP contribution in [0.2, 0.25) is 0 Å². The van der Waals surface area contributed by atoms with Crippen molar-refractivity contribution in [1.29, 1.82) is 0 Å². The number of piperidine rings is 1. The predicted octanol–water partition coefficient (Wildman–Crippen LogP) is 2.94. The molecule has 110 valence electrons. The van der Waals surface area contributed by atoms with Crippen LogP contribution in [0.4, 0.5) is 4.39 Å². The van der Waals surface area contributed by atoms with Gasteiger partial charge < -0.3 is 10.0 Å². The SMILES string of the molecule is CCC(Cc1cccc(F)c1)N1CCC(C(=O)O)CC1. The van der Waals surface area contributed by atoms with E-state index in [1.54, 1.807) is 12.1 Å². The van der Waals surface area contributed by atoms with Crippen LogP contribution < -0.4 is 0 Å². The van der Waals surface area contributed by atoms with E-state index in [-0.39, 0.29) is 11.7 Å². The number of hydrogen-bond acceptors (Lipinski definition) is 2. The van der Waals surface area contributed by atoms with Gasteiger partial charge in [0.05, 0.1) is 5.92 Å². The number of rotatable bonds is 5. The molecule has 1 aromatic carbocycles. The third-order valence-corrected chi connectivity index (χ3v) is 4.23. The Hall–Kier alpha value is -1.42. The maximum atomic E-state index is 13.2. The zero-order chi connectivity index (χ0) is 14.5. The Morgan fingerprint density at radius 1 is 1.45 bits per heavy atom. The molecule has 1 atom stereocenters. The van der Waals surface area contributed by atoms with Crippen LogP contribution in [0.15, 0.2) is 24.3 Å². The van der Waals surface area contributed by atoms with Crippen LogP contribution in [0.3, 0.4) is 0 Å². The number of aliphatic carboxylic acids is 1. The molecule has 0 spiro atoms. The number of halogens is 1. The van der Waals surface area contributed by atoms with Gasteiger partial charge in [0.15, 0.2) is 0 Å². The summed E-state index contributed by atoms with van der Waals surface area (Å²) >= 11 is 0. The Labute approximate surface area is 119 Å². The minimum Gasteiger partial charge on any atom is -0.481 e. The first-order chi connectivity index (χ1) is 9.60. The van der Waals surface area contributed by atoms with E-state index in [4.69, 9.17) is 5.11 Å². The summed E-state index contributed by atoms with van der Waals surface area (Å²) in [5.41, 5.74) is 1.01. The second-order valence-corrected chi connectivity index (χ2v) is 5.54. The fraction of sp³-hybridized carbons (Fsp3) is 0.562. The van der Waals surface area contributed by atoms with Gasteiger partial charge in [0.25, 0.3) is 0 Å². The van der Waals surface area contributed by atoms with E-state index in [9.17, 15) is 9.18 Å². The molecule has 0 aliphatic carbocycles. The summed E-state index contributed by atoms with van der Waals surface area (Å²) < 4.78 is 13.2. The molecule has 0 saturated carbocycles. The number of carboxylic acids is 1. The molecule has 1 saturated heterocycles. The summed E-state index contributed by atoms with van der Waals surface area (Å²) in [6.45, 7) is 3.78. The van der Waals surface area contributed by atoms with E-state index in [1.165, 1.54) is 6.07 Å². The van der Waals surface area contributed by atoms with Crippen molar-refractivity contribution < 1.29 is 14.3 Å². The standard InChI is InChI=1S/C16H22FNO2/c1-2-15(11-12-4-3-5-14(17)10-12)18-8-6-13(7-9-18)16(19)20/h3-5,10,13,15H,2,6-9,11H2,1H3,(H,19,20). The second-order valence-electron chi connectivity index (χ2n) is 5.54. The number of hydrogen-bond donors (Lipinski definition) is 1. The number of likely N-dealkylation sites (tertiary alicyclic amines) is 1. The van der Waals surface area contributed by atoms with Gasteiger partial charge in [-0.1, -0.05) is 19.1 Å². The Bertz CT molecular complexity index is 456. The van der Waals surface area contributed by atoms with Crippen molar-refractivity contribution in [2.75, 3.05) is 13.1 Å². The van der Waals surface area contributed by atoms with Gasteiger partial charge in [-0.05, 0) is 56.5 Å². The molecule has 1 N–H and O–H groups in total. The molecule has 0 bridgehead atoms. The van der Waals surface area contributed by atoms with Crippen molar-refractivity contribution in [2.45, 2.75) is 38.6 Å². The predicted molar refractivity (Wildman–Crippen MR) is 76.1 cm³/mol. The summed E-state index contributed by atoms with van der Waals surface area (Å²) in [7, 11) is 0. The highest BCUT2D eigenvalue weighted by molar-refractivity contribution is 5.70. The van der Waals surface area contributed by atoms with Gasteiger partial charge >= 0.3 is 5.97 Å². The summed E-state index contributed by atoms with van der Waals surface area (Å²) in [6.07, 6.45) is 3.25. The molecule has 1 aliphatic heterocycles. The van der Waals surface area contributed by atoms with Gasteiger partial charge in [-0.2, -0.15) is 0 Å². The van der Waals surface area contributed by atoms with Gasteiger partial charge in [0.2, 0.25) is 0 Å². The number of benzene rings is 1. The highest BCUT2D eigenvalue weighted by Crippen LogP contribution is 2.22. The van der Waals surface area contributed by atoms with E-state index in [2.05, 4.69) is 11.8 Å². The Balaban J connectivity index is 1.94. The molecule has 1 heterocycles. The molecule has 0 amide bonds. The van der Waals surface area contributed by atoms with Crippen LogP contribution in [0, 0.1) is 11.7 Å². The fourth-order valence-corrected chi connectivity index (χ4v) is 2.98. The van der Waals surface area contributed by atoms with Gasteiger partial charge in [0, 0.05) is 6.04 Å². The molecule has 20 heavy (non-hydrogen) atoms. The van der Waals surface area contributed by atoms with Crippen molar-refractivity contribution in [1.82, 2.24) is 4.90 Å². The Morgan fingerprint density at radius 2 is 2.15 bits per heavy atom. The molecule has 2 rings (SSSR count). The highest BCUT2D eigenvalue weighted by atomic mass is 19.1. The first kappa shape index (κ1) is 15.0. The molecule has 1 aromatic rings. The quantitative estimate of drug-likeness (QED) is 0.901. The molecule has 0 aromatic heterocycles. The summed E-state index contributed by atoms with van der Waals surface area (Å²) in [4.78, 5) is 13.3. The summed E-state index contributed by atoms with van der Waals surface area (Å²) in [6, 6.07) is 7.12. The maximum absolute atomic E-state index is 13.2. The maximum Gasteiger partial charge on any atom is 0.306 e. The number of carbonyl (C=O) groups is 1. The van der Waals surface area contributed by atoms with E-state index in [0.717, 1.165) is 44.3 Å². The van der Waals surface area contributed by atoms with Gasteiger partial charge in [-0.3, -0.25) is 4.79 Å². The molecule has 1 aliphatic rings. The lowest BCUT2D eigenvalue weighted by Crippen LogP contribution is -2.43. The topological polar surface area (TPSA) is 40.5 Å². The molecule has 3 nitrogen and oxygen atoms in total. The molecular weight excluding hydrogens is 257 g/mol. The summed E-state index contributed by atoms with van der Waals surface area (Å²) in [5, 5.41) is 9.03. The van der Waals surface area contributed by atoms with Gasteiger partial charge in [-0.15, -0.1) is 0 Å². The molecule has 1 unspecified atom stereocenters. The first-order valence-corrected chi connectivity index (χ1v) is 7.31. The van der Waals surface area contributed by atoms with Gasteiger partial charge in [-0.25, -0.2) is 4.39 Å². The average Bonchev–Trinajstić information content (AvgIpc) is 2.45. The minimum atomic E-state index is -0.678. The Morgan fingerprint density at radius 3 is 2.70 bits per heavy atom. The minimum absolute atomic E-state index is 0.193. The third-order valence-electron chi connectivity index (χ3n) is 4.23. The lowest BCUT2D eigenvalue weighted by Gasteiger charge is -2.36. The number of nitrogens with zero attached hydrogens (tertiary/aromatic N) is 1. The average molecular weight is 279 g/mol. The van der Waals surface area contributed by atoms with E-state index < -0.39 is 5.97 Å². The zero-order valence-electron chi connectivity index (χ0n) is 11.9. The van der Waals surface area contributed by atoms with Crippen molar-refractivity contribution in [2.24, 2.45) is 5.92 Å². The Kier molecular flexibility index (Phi) is 5.12. The monoisotopic (exact) mass is 279 g/mol. The van der Waals surface area contributed by atoms with Crippen molar-refractivity contribution in [3.8, 4) is 0 Å². The van der Waals surface area contributed by atoms with Crippen LogP contribution in [0.5, 0.6) is 0 Å². The molecular formula is C16H22FNO2. The van der Waals surface area contributed by atoms with Gasteiger partial charge in [0.1, 0.15) is 5.82 Å². The van der Waals surface area contributed by atoms with Crippen molar-refractivity contribution >= 4 is 5.97 Å². The van der Waals surface area contributed by atoms with Crippen molar-refractivity contribution in [3.63, 3.8) is 0 Å². The van der Waals surface area contributed by atoms with Crippen molar-refractivity contribution in [3.05, 3.63) is 35.6 Å². The molecule has 1 fully saturated rings. The van der Waals surface area contributed by atoms with E-state index >= 15 is 0 Å². The van der Waals surface area contributed by atoms with E-state index in [1.807, 2.05) is 6.07 Å². The van der Waals surface area contributed by atoms with Crippen LogP contribution >= 0.6 is 0 Å². The van der Waals surface area contributed by atoms with Crippen LogP contribution in [0.1, 0.15) is 31.7 Å². The van der Waals surface area contributed by atoms with Crippen LogP contribution in [-0.4, -0.2) is 35.1 Å². The lowest BCUT2D eigenvalue weighted by molar-refractivity contribution is -0.143.